The van der Waals surface area contributed by atoms with E-state index in [2.05, 4.69) is 5.32 Å². The van der Waals surface area contributed by atoms with Gasteiger partial charge in [-0.1, -0.05) is 0 Å². The van der Waals surface area contributed by atoms with Gasteiger partial charge in [0.25, 0.3) is 5.91 Å². The molecule has 1 aromatic carbocycles. The lowest BCUT2D eigenvalue weighted by atomic mass is 10.2. The number of nitrogens with one attached hydrogen (secondary N) is 1. The van der Waals surface area contributed by atoms with E-state index >= 15 is 0 Å². The summed E-state index contributed by atoms with van der Waals surface area (Å²) < 4.78 is 7.31. The zero-order chi connectivity index (χ0) is 16.9. The number of hydrogen-bond donors (Lipinski definition) is 1. The average Bonchev–Trinajstić information content (AvgIpc) is 3.06. The van der Waals surface area contributed by atoms with E-state index in [1.165, 1.54) is 12.1 Å². The molecule has 0 fully saturated rings. The third-order valence-corrected chi connectivity index (χ3v) is 3.36. The lowest BCUT2D eigenvalue weighted by molar-refractivity contribution is 0.0995. The van der Waals surface area contributed by atoms with E-state index in [0.29, 0.717) is 23.6 Å². The maximum absolute atomic E-state index is 12.2. The van der Waals surface area contributed by atoms with Crippen LogP contribution < -0.4 is 10.7 Å². The number of carbonyl (C=O) groups is 1. The Kier molecular flexibility index (Phi) is 4.25. The fourth-order valence-corrected chi connectivity index (χ4v) is 2.13. The Morgan fingerprint density at radius 2 is 1.79 bits per heavy atom. The Bertz CT molecular complexity index is 942. The molecule has 0 aliphatic heterocycles. The smallest absolute Gasteiger partial charge is 0.291 e. The van der Waals surface area contributed by atoms with Gasteiger partial charge in [0.1, 0.15) is 5.76 Å². The first-order valence-electron chi connectivity index (χ1n) is 7.20. The molecule has 24 heavy (non-hydrogen) atoms. The van der Waals surface area contributed by atoms with Crippen LogP contribution in [0.15, 0.2) is 70.1 Å². The number of anilines is 1. The van der Waals surface area contributed by atoms with Crippen molar-refractivity contribution in [3.63, 3.8) is 0 Å². The second kappa shape index (κ2) is 6.67. The first-order chi connectivity index (χ1) is 11.6. The normalized spacial score (nSPS) is 10.1. The van der Waals surface area contributed by atoms with Crippen molar-refractivity contribution in [1.82, 2.24) is 4.57 Å². The lowest BCUT2D eigenvalue weighted by Gasteiger charge is -2.04. The van der Waals surface area contributed by atoms with Crippen molar-refractivity contribution in [2.45, 2.75) is 6.54 Å². The van der Waals surface area contributed by atoms with Crippen molar-refractivity contribution >= 4 is 11.6 Å². The molecule has 1 N–H and O–H groups in total. The van der Waals surface area contributed by atoms with E-state index < -0.39 is 0 Å². The molecule has 0 unspecified atom stereocenters. The van der Waals surface area contributed by atoms with Crippen LogP contribution in [0.25, 0.3) is 0 Å². The van der Waals surface area contributed by atoms with Gasteiger partial charge < -0.3 is 14.3 Å². The Morgan fingerprint density at radius 1 is 1.08 bits per heavy atom. The minimum atomic E-state index is -0.370. The van der Waals surface area contributed by atoms with Gasteiger partial charge >= 0.3 is 0 Å². The molecule has 3 aromatic rings. The van der Waals surface area contributed by atoms with Gasteiger partial charge in [0, 0.05) is 30.2 Å². The minimum absolute atomic E-state index is 0.0619. The largest absolute Gasteiger partial charge is 0.454 e. The third kappa shape index (κ3) is 3.59. The van der Waals surface area contributed by atoms with Crippen molar-refractivity contribution in [1.29, 1.82) is 5.26 Å². The fourth-order valence-electron chi connectivity index (χ4n) is 2.13. The SMILES string of the molecule is N#Cc1ccc(NC(=O)c2ccc(Cn3ccc(=O)cc3)o2)cc1. The van der Waals surface area contributed by atoms with E-state index in [4.69, 9.17) is 9.68 Å². The van der Waals surface area contributed by atoms with Gasteiger partial charge in [0.2, 0.25) is 0 Å². The highest BCUT2D eigenvalue weighted by molar-refractivity contribution is 6.02. The summed E-state index contributed by atoms with van der Waals surface area (Å²) in [4.78, 5) is 23.2. The van der Waals surface area contributed by atoms with Crippen molar-refractivity contribution in [3.8, 4) is 6.07 Å². The molecule has 1 amide bonds. The van der Waals surface area contributed by atoms with Crippen LogP contribution in [-0.2, 0) is 6.54 Å². The van der Waals surface area contributed by atoms with E-state index in [0.717, 1.165) is 0 Å². The van der Waals surface area contributed by atoms with Crippen LogP contribution in [-0.4, -0.2) is 10.5 Å². The molecule has 0 aliphatic rings. The molecule has 0 spiro atoms. The Labute approximate surface area is 137 Å². The molecule has 0 saturated heterocycles. The summed E-state index contributed by atoms with van der Waals surface area (Å²) in [6.07, 6.45) is 3.31. The van der Waals surface area contributed by atoms with Gasteiger partial charge in [-0.2, -0.15) is 5.26 Å². The summed E-state index contributed by atoms with van der Waals surface area (Å²) >= 11 is 0. The summed E-state index contributed by atoms with van der Waals surface area (Å²) in [5.41, 5.74) is 1.04. The second-order valence-corrected chi connectivity index (χ2v) is 5.12. The van der Waals surface area contributed by atoms with Gasteiger partial charge in [0.15, 0.2) is 11.2 Å². The number of pyridine rings is 1. The van der Waals surface area contributed by atoms with E-state index in [1.54, 1.807) is 53.4 Å². The molecule has 6 nitrogen and oxygen atoms in total. The maximum Gasteiger partial charge on any atom is 0.291 e. The number of furan rings is 1. The van der Waals surface area contributed by atoms with Crippen LogP contribution in [0.3, 0.4) is 0 Å². The number of nitriles is 1. The Morgan fingerprint density at radius 3 is 2.46 bits per heavy atom. The number of aromatic nitrogens is 1. The first kappa shape index (κ1) is 15.3. The van der Waals surface area contributed by atoms with Crippen LogP contribution in [0.1, 0.15) is 21.9 Å². The molecule has 0 aliphatic carbocycles. The van der Waals surface area contributed by atoms with Crippen LogP contribution in [0.2, 0.25) is 0 Å². The Balaban J connectivity index is 1.67. The van der Waals surface area contributed by atoms with Crippen LogP contribution in [0, 0.1) is 11.3 Å². The lowest BCUT2D eigenvalue weighted by Crippen LogP contribution is -2.10. The molecular formula is C18H13N3O3. The molecule has 2 aromatic heterocycles. The Hall–Kier alpha value is -3.59. The number of carbonyl (C=O) groups excluding carboxylic acids is 1. The number of nitrogens with zero attached hydrogens (tertiary/aromatic N) is 2. The number of benzene rings is 1. The minimum Gasteiger partial charge on any atom is -0.454 e. The molecule has 2 heterocycles. The predicted octanol–water partition coefficient (Wildman–Crippen LogP) is 2.61. The molecule has 118 valence electrons. The molecule has 0 bridgehead atoms. The maximum atomic E-state index is 12.2. The average molecular weight is 319 g/mol. The summed E-state index contributed by atoms with van der Waals surface area (Å²) in [6.45, 7) is 0.421. The van der Waals surface area contributed by atoms with Crippen LogP contribution in [0.5, 0.6) is 0 Å². The summed E-state index contributed by atoms with van der Waals surface area (Å²) in [6, 6.07) is 14.8. The fraction of sp³-hybridized carbons (Fsp3) is 0.0556. The van der Waals surface area contributed by atoms with Crippen molar-refractivity contribution in [2.24, 2.45) is 0 Å². The molecular weight excluding hydrogens is 306 g/mol. The molecule has 3 rings (SSSR count). The van der Waals surface area contributed by atoms with E-state index in [9.17, 15) is 9.59 Å². The third-order valence-electron chi connectivity index (χ3n) is 3.36. The monoisotopic (exact) mass is 319 g/mol. The van der Waals surface area contributed by atoms with Crippen molar-refractivity contribution in [2.75, 3.05) is 5.32 Å². The van der Waals surface area contributed by atoms with Gasteiger partial charge in [0.05, 0.1) is 18.2 Å². The first-order valence-corrected chi connectivity index (χ1v) is 7.20. The number of amides is 1. The zero-order valence-electron chi connectivity index (χ0n) is 12.6. The summed E-state index contributed by atoms with van der Waals surface area (Å²) in [5, 5.41) is 11.5. The topological polar surface area (TPSA) is 88.0 Å². The van der Waals surface area contributed by atoms with Crippen LogP contribution >= 0.6 is 0 Å². The van der Waals surface area contributed by atoms with Crippen molar-refractivity contribution < 1.29 is 9.21 Å². The molecule has 6 heteroatoms. The highest BCUT2D eigenvalue weighted by Gasteiger charge is 2.11. The van der Waals surface area contributed by atoms with Crippen LogP contribution in [0.4, 0.5) is 5.69 Å². The predicted molar refractivity (Wildman–Crippen MR) is 87.6 cm³/mol. The highest BCUT2D eigenvalue weighted by atomic mass is 16.4. The molecule has 0 atom stereocenters. The van der Waals surface area contributed by atoms with Gasteiger partial charge in [-0.05, 0) is 36.4 Å². The van der Waals surface area contributed by atoms with Gasteiger partial charge in [-0.3, -0.25) is 9.59 Å². The van der Waals surface area contributed by atoms with Gasteiger partial charge in [-0.25, -0.2) is 0 Å². The zero-order valence-corrected chi connectivity index (χ0v) is 12.6. The van der Waals surface area contributed by atoms with E-state index in [1.807, 2.05) is 6.07 Å². The number of hydrogen-bond acceptors (Lipinski definition) is 4. The quantitative estimate of drug-likeness (QED) is 0.800. The van der Waals surface area contributed by atoms with Gasteiger partial charge in [-0.15, -0.1) is 0 Å². The summed E-state index contributed by atoms with van der Waals surface area (Å²) in [7, 11) is 0. The second-order valence-electron chi connectivity index (χ2n) is 5.12. The highest BCUT2D eigenvalue weighted by Crippen LogP contribution is 2.14. The molecule has 0 radical (unpaired) electrons. The molecule has 0 saturated carbocycles. The van der Waals surface area contributed by atoms with Crippen molar-refractivity contribution in [3.05, 3.63) is 88.2 Å². The number of rotatable bonds is 4. The summed E-state index contributed by atoms with van der Waals surface area (Å²) in [5.74, 6) is 0.421. The van der Waals surface area contributed by atoms with E-state index in [-0.39, 0.29) is 17.1 Å². The standard InChI is InChI=1S/C18H13N3O3/c19-11-13-1-3-14(4-2-13)20-18(23)17-6-5-16(24-17)12-21-9-7-15(22)8-10-21/h1-10H,12H2,(H,20,23).